The molecule has 102 valence electrons. The Balaban J connectivity index is 1.91. The third-order valence-electron chi connectivity index (χ3n) is 3.80. The predicted octanol–water partition coefficient (Wildman–Crippen LogP) is 5.97. The number of thioether (sulfide) groups is 1. The van der Waals surface area contributed by atoms with Crippen molar-refractivity contribution in [1.29, 1.82) is 0 Å². The number of fused-ring (bicyclic) bond motifs is 3. The van der Waals surface area contributed by atoms with Gasteiger partial charge in [0.15, 0.2) is 0 Å². The zero-order valence-electron chi connectivity index (χ0n) is 11.7. The van der Waals surface area contributed by atoms with Gasteiger partial charge in [0, 0.05) is 15.8 Å². The van der Waals surface area contributed by atoms with Gasteiger partial charge in [0.25, 0.3) is 0 Å². The van der Waals surface area contributed by atoms with Gasteiger partial charge < -0.3 is 4.42 Å². The Morgan fingerprint density at radius 2 is 1.62 bits per heavy atom. The van der Waals surface area contributed by atoms with Crippen LogP contribution in [-0.2, 0) is 0 Å². The molecule has 1 aromatic heterocycles. The molecule has 0 bridgehead atoms. The van der Waals surface area contributed by atoms with E-state index in [1.165, 1.54) is 21.1 Å². The SMILES string of the molecule is CSc1ccc(-c2cc3c(ccc4ccccc43)o2)cc1. The topological polar surface area (TPSA) is 13.1 Å². The van der Waals surface area contributed by atoms with Crippen LogP contribution in [0.5, 0.6) is 0 Å². The van der Waals surface area contributed by atoms with Gasteiger partial charge in [0.2, 0.25) is 0 Å². The molecule has 0 N–H and O–H groups in total. The highest BCUT2D eigenvalue weighted by Gasteiger charge is 2.08. The summed E-state index contributed by atoms with van der Waals surface area (Å²) in [5.41, 5.74) is 2.06. The number of furan rings is 1. The monoisotopic (exact) mass is 290 g/mol. The molecule has 0 unspecified atom stereocenters. The normalized spacial score (nSPS) is 11.3. The molecule has 1 nitrogen and oxygen atoms in total. The van der Waals surface area contributed by atoms with E-state index in [1.54, 1.807) is 11.8 Å². The molecule has 1 heterocycles. The van der Waals surface area contributed by atoms with Gasteiger partial charge in [-0.1, -0.05) is 42.5 Å². The van der Waals surface area contributed by atoms with Crippen molar-refractivity contribution in [3.05, 3.63) is 66.7 Å². The van der Waals surface area contributed by atoms with E-state index < -0.39 is 0 Å². The summed E-state index contributed by atoms with van der Waals surface area (Å²) in [6.07, 6.45) is 2.09. The van der Waals surface area contributed by atoms with Crippen LogP contribution in [0.15, 0.2) is 76.0 Å². The highest BCUT2D eigenvalue weighted by Crippen LogP contribution is 2.33. The summed E-state index contributed by atoms with van der Waals surface area (Å²) in [7, 11) is 0. The first-order valence-corrected chi connectivity index (χ1v) is 8.13. The molecule has 21 heavy (non-hydrogen) atoms. The molecular weight excluding hydrogens is 276 g/mol. The summed E-state index contributed by atoms with van der Waals surface area (Å²) in [5.74, 6) is 0.925. The van der Waals surface area contributed by atoms with Crippen LogP contribution in [0.4, 0.5) is 0 Å². The van der Waals surface area contributed by atoms with Crippen molar-refractivity contribution in [2.75, 3.05) is 6.26 Å². The van der Waals surface area contributed by atoms with Crippen molar-refractivity contribution in [3.8, 4) is 11.3 Å². The molecule has 0 aliphatic heterocycles. The third-order valence-corrected chi connectivity index (χ3v) is 4.54. The first kappa shape index (κ1) is 12.5. The van der Waals surface area contributed by atoms with Gasteiger partial charge in [-0.3, -0.25) is 0 Å². The first-order valence-electron chi connectivity index (χ1n) is 6.91. The van der Waals surface area contributed by atoms with Gasteiger partial charge in [-0.05, 0) is 41.3 Å². The molecule has 4 rings (SSSR count). The van der Waals surface area contributed by atoms with Crippen molar-refractivity contribution in [2.45, 2.75) is 4.90 Å². The fraction of sp³-hybridized carbons (Fsp3) is 0.0526. The van der Waals surface area contributed by atoms with Crippen LogP contribution in [-0.4, -0.2) is 6.26 Å². The molecule has 0 aliphatic carbocycles. The minimum atomic E-state index is 0.925. The highest BCUT2D eigenvalue weighted by molar-refractivity contribution is 7.98. The molecule has 2 heteroatoms. The van der Waals surface area contributed by atoms with Crippen LogP contribution in [0.2, 0.25) is 0 Å². The van der Waals surface area contributed by atoms with Crippen LogP contribution in [0.3, 0.4) is 0 Å². The summed E-state index contributed by atoms with van der Waals surface area (Å²) >= 11 is 1.75. The summed E-state index contributed by atoms with van der Waals surface area (Å²) < 4.78 is 6.03. The fourth-order valence-electron chi connectivity index (χ4n) is 2.69. The number of hydrogen-bond acceptors (Lipinski definition) is 2. The second kappa shape index (κ2) is 4.97. The number of rotatable bonds is 2. The van der Waals surface area contributed by atoms with E-state index in [4.69, 9.17) is 4.42 Å². The van der Waals surface area contributed by atoms with Crippen molar-refractivity contribution >= 4 is 33.5 Å². The average molecular weight is 290 g/mol. The highest BCUT2D eigenvalue weighted by atomic mass is 32.2. The quantitative estimate of drug-likeness (QED) is 0.422. The van der Waals surface area contributed by atoms with E-state index in [0.717, 1.165) is 16.9 Å². The van der Waals surface area contributed by atoms with E-state index >= 15 is 0 Å². The predicted molar refractivity (Wildman–Crippen MR) is 90.9 cm³/mol. The summed E-state index contributed by atoms with van der Waals surface area (Å²) in [4.78, 5) is 1.26. The second-order valence-electron chi connectivity index (χ2n) is 5.04. The molecular formula is C19H14OS. The van der Waals surface area contributed by atoms with Gasteiger partial charge in [-0.2, -0.15) is 0 Å². The molecule has 4 aromatic rings. The summed E-state index contributed by atoms with van der Waals surface area (Å²) in [5, 5.41) is 3.66. The Morgan fingerprint density at radius 3 is 2.43 bits per heavy atom. The number of hydrogen-bond donors (Lipinski definition) is 0. The maximum absolute atomic E-state index is 6.03. The minimum Gasteiger partial charge on any atom is -0.456 e. The third kappa shape index (κ3) is 2.12. The molecule has 0 aliphatic rings. The Morgan fingerprint density at radius 1 is 0.810 bits per heavy atom. The van der Waals surface area contributed by atoms with Crippen molar-refractivity contribution in [2.24, 2.45) is 0 Å². The molecule has 0 saturated carbocycles. The molecule has 0 atom stereocenters. The smallest absolute Gasteiger partial charge is 0.135 e. The average Bonchev–Trinajstić information content (AvgIpc) is 2.99. The van der Waals surface area contributed by atoms with Crippen molar-refractivity contribution < 1.29 is 4.42 Å². The number of benzene rings is 3. The lowest BCUT2D eigenvalue weighted by molar-refractivity contribution is 0.631. The van der Waals surface area contributed by atoms with Crippen molar-refractivity contribution in [1.82, 2.24) is 0 Å². The summed E-state index contributed by atoms with van der Waals surface area (Å²) in [6.45, 7) is 0. The Kier molecular flexibility index (Phi) is 2.97. The van der Waals surface area contributed by atoms with Crippen LogP contribution in [0.1, 0.15) is 0 Å². The molecule has 0 amide bonds. The molecule has 0 fully saturated rings. The van der Waals surface area contributed by atoms with Gasteiger partial charge in [0.1, 0.15) is 11.3 Å². The minimum absolute atomic E-state index is 0.925. The molecule has 3 aromatic carbocycles. The van der Waals surface area contributed by atoms with Gasteiger partial charge in [-0.25, -0.2) is 0 Å². The Labute approximate surface area is 127 Å². The van der Waals surface area contributed by atoms with E-state index in [0.29, 0.717) is 0 Å². The van der Waals surface area contributed by atoms with Crippen LogP contribution in [0, 0.1) is 0 Å². The zero-order valence-corrected chi connectivity index (χ0v) is 12.5. The maximum Gasteiger partial charge on any atom is 0.135 e. The van der Waals surface area contributed by atoms with Gasteiger partial charge in [0.05, 0.1) is 0 Å². The first-order chi connectivity index (χ1) is 10.3. The lowest BCUT2D eigenvalue weighted by Crippen LogP contribution is -1.73. The fourth-order valence-corrected chi connectivity index (χ4v) is 3.10. The van der Waals surface area contributed by atoms with E-state index in [9.17, 15) is 0 Å². The zero-order chi connectivity index (χ0) is 14.2. The van der Waals surface area contributed by atoms with Gasteiger partial charge in [-0.15, -0.1) is 11.8 Å². The maximum atomic E-state index is 6.03. The van der Waals surface area contributed by atoms with E-state index in [-0.39, 0.29) is 0 Å². The lowest BCUT2D eigenvalue weighted by Gasteiger charge is -1.98. The van der Waals surface area contributed by atoms with E-state index in [2.05, 4.69) is 73.0 Å². The largest absolute Gasteiger partial charge is 0.456 e. The van der Waals surface area contributed by atoms with Gasteiger partial charge >= 0.3 is 0 Å². The standard InChI is InChI=1S/C19H14OS/c1-21-15-9-6-14(7-10-15)19-12-17-16-5-3-2-4-13(16)8-11-18(17)20-19/h2-12H,1H3. The Bertz CT molecular complexity index is 919. The lowest BCUT2D eigenvalue weighted by atomic mass is 10.1. The van der Waals surface area contributed by atoms with E-state index in [1.807, 2.05) is 0 Å². The molecule has 0 spiro atoms. The second-order valence-corrected chi connectivity index (χ2v) is 5.92. The Hall–Kier alpha value is -2.19. The van der Waals surface area contributed by atoms with Crippen LogP contribution in [0.25, 0.3) is 33.1 Å². The summed E-state index contributed by atoms with van der Waals surface area (Å²) in [6, 6.07) is 23.2. The van der Waals surface area contributed by atoms with Crippen LogP contribution >= 0.6 is 11.8 Å². The molecule has 0 saturated heterocycles. The van der Waals surface area contributed by atoms with Crippen molar-refractivity contribution in [3.63, 3.8) is 0 Å². The molecule has 0 radical (unpaired) electrons. The van der Waals surface area contributed by atoms with Crippen LogP contribution < -0.4 is 0 Å².